The molecule has 4 nitrogen and oxygen atoms in total. The minimum Gasteiger partial charge on any atom is -0.344 e. The number of nitrogens with one attached hydrogen (secondary N) is 1. The Labute approximate surface area is 105 Å². The van der Waals surface area contributed by atoms with Gasteiger partial charge in [0.15, 0.2) is 11.5 Å². The average molecular weight is 298 g/mol. The minimum atomic E-state index is -0.0895. The summed E-state index contributed by atoms with van der Waals surface area (Å²) in [5, 5.41) is 7.57. The van der Waals surface area contributed by atoms with Gasteiger partial charge in [-0.05, 0) is 24.3 Å². The van der Waals surface area contributed by atoms with E-state index in [4.69, 9.17) is 0 Å². The molecule has 0 bridgehead atoms. The van der Waals surface area contributed by atoms with Crippen LogP contribution in [0.25, 0.3) is 0 Å². The molecule has 0 aliphatic carbocycles. The first kappa shape index (κ1) is 11.2. The highest BCUT2D eigenvalue weighted by Crippen LogP contribution is 2.24. The highest BCUT2D eigenvalue weighted by atomic mass is 79.9. The van der Waals surface area contributed by atoms with E-state index in [1.54, 1.807) is 0 Å². The fourth-order valence-corrected chi connectivity index (χ4v) is 2.07. The van der Waals surface area contributed by atoms with E-state index in [0.29, 0.717) is 10.7 Å². The Kier molecular flexibility index (Phi) is 3.31. The van der Waals surface area contributed by atoms with Crippen LogP contribution in [0.2, 0.25) is 0 Å². The molecule has 6 heteroatoms. The normalized spacial score (nSPS) is 10.1. The summed E-state index contributed by atoms with van der Waals surface area (Å²) in [7, 11) is 0. The van der Waals surface area contributed by atoms with Crippen molar-refractivity contribution in [3.8, 4) is 0 Å². The zero-order valence-electron chi connectivity index (χ0n) is 8.40. The first-order chi connectivity index (χ1) is 7.66. The predicted octanol–water partition coefficient (Wildman–Crippen LogP) is 3.25. The lowest BCUT2D eigenvalue weighted by Gasteiger charge is -2.03. The molecule has 1 aromatic carbocycles. The Morgan fingerprint density at radius 3 is 2.69 bits per heavy atom. The molecule has 82 valence electrons. The topological polar surface area (TPSA) is 54.9 Å². The van der Waals surface area contributed by atoms with E-state index in [9.17, 15) is 4.79 Å². The van der Waals surface area contributed by atoms with Gasteiger partial charge in [-0.3, -0.25) is 4.79 Å². The van der Waals surface area contributed by atoms with E-state index >= 15 is 0 Å². The first-order valence-corrected chi connectivity index (χ1v) is 6.09. The van der Waals surface area contributed by atoms with E-state index in [2.05, 4.69) is 30.8 Å². The summed E-state index contributed by atoms with van der Waals surface area (Å²) in [6.07, 6.45) is 0. The minimum absolute atomic E-state index is 0.0895. The molecule has 0 radical (unpaired) electrons. The maximum Gasteiger partial charge on any atom is 0.183 e. The number of hydrogen-bond donors (Lipinski definition) is 1. The third-order valence-corrected chi connectivity index (χ3v) is 3.09. The fourth-order valence-electron chi connectivity index (χ4n) is 1.17. The second-order valence-corrected chi connectivity index (χ2v) is 4.81. The number of Topliss-reactive ketones (excluding diaryl/α,β-unsaturated/α-hetero) is 1. The number of halogens is 1. The number of hydrogen-bond acceptors (Lipinski definition) is 5. The van der Waals surface area contributed by atoms with Gasteiger partial charge < -0.3 is 5.32 Å². The molecular formula is C10H8BrN3OS. The van der Waals surface area contributed by atoms with Gasteiger partial charge in [-0.25, -0.2) is 0 Å². The largest absolute Gasteiger partial charge is 0.344 e. The Morgan fingerprint density at radius 2 is 2.06 bits per heavy atom. The summed E-state index contributed by atoms with van der Waals surface area (Å²) in [5.41, 5.74) is 1.28. The van der Waals surface area contributed by atoms with Gasteiger partial charge in [0, 0.05) is 28.6 Å². The van der Waals surface area contributed by atoms with Gasteiger partial charge >= 0.3 is 0 Å². The molecule has 1 N–H and O–H groups in total. The van der Waals surface area contributed by atoms with Crippen molar-refractivity contribution in [2.75, 3.05) is 5.32 Å². The molecule has 1 heterocycles. The second kappa shape index (κ2) is 4.71. The van der Waals surface area contributed by atoms with Gasteiger partial charge in [0.2, 0.25) is 0 Å². The van der Waals surface area contributed by atoms with Gasteiger partial charge in [-0.1, -0.05) is 20.4 Å². The zero-order valence-corrected chi connectivity index (χ0v) is 10.8. The standard InChI is InChI=1S/C10H8BrN3OS/c1-6(15)9-10(16-14-13-9)12-8-4-2-7(11)3-5-8/h2-5,12H,1H3. The van der Waals surface area contributed by atoms with Crippen LogP contribution in [0.1, 0.15) is 17.4 Å². The third-order valence-electron chi connectivity index (χ3n) is 1.92. The summed E-state index contributed by atoms with van der Waals surface area (Å²) in [6.45, 7) is 1.48. The number of carbonyl (C=O) groups excluding carboxylic acids is 1. The van der Waals surface area contributed by atoms with E-state index < -0.39 is 0 Å². The maximum absolute atomic E-state index is 11.2. The smallest absolute Gasteiger partial charge is 0.183 e. The Hall–Kier alpha value is -1.27. The number of aromatic nitrogens is 2. The van der Waals surface area contributed by atoms with Crippen LogP contribution in [0.4, 0.5) is 10.7 Å². The summed E-state index contributed by atoms with van der Waals surface area (Å²) >= 11 is 4.53. The first-order valence-electron chi connectivity index (χ1n) is 4.52. The predicted molar refractivity (Wildman–Crippen MR) is 67.3 cm³/mol. The van der Waals surface area contributed by atoms with Crippen molar-refractivity contribution in [3.05, 3.63) is 34.4 Å². The highest BCUT2D eigenvalue weighted by molar-refractivity contribution is 9.10. The lowest BCUT2D eigenvalue weighted by molar-refractivity contribution is 0.101. The quantitative estimate of drug-likeness (QED) is 0.884. The molecule has 2 rings (SSSR count). The van der Waals surface area contributed by atoms with Crippen LogP contribution in [0.3, 0.4) is 0 Å². The lowest BCUT2D eigenvalue weighted by atomic mass is 10.3. The van der Waals surface area contributed by atoms with Crippen LogP contribution in [-0.2, 0) is 0 Å². The molecule has 1 aromatic heterocycles. The fraction of sp³-hybridized carbons (Fsp3) is 0.100. The van der Waals surface area contributed by atoms with E-state index in [-0.39, 0.29) is 5.78 Å². The number of nitrogens with zero attached hydrogens (tertiary/aromatic N) is 2. The van der Waals surface area contributed by atoms with Gasteiger partial charge in [0.25, 0.3) is 0 Å². The molecule has 0 aliphatic heterocycles. The van der Waals surface area contributed by atoms with Crippen LogP contribution in [0.15, 0.2) is 28.7 Å². The number of carbonyl (C=O) groups is 1. The Balaban J connectivity index is 2.23. The molecule has 0 unspecified atom stereocenters. The lowest BCUT2D eigenvalue weighted by Crippen LogP contribution is -1.98. The molecule has 0 aliphatic rings. The number of anilines is 2. The second-order valence-electron chi connectivity index (χ2n) is 3.14. The molecular weight excluding hydrogens is 290 g/mol. The summed E-state index contributed by atoms with van der Waals surface area (Å²) in [6, 6.07) is 7.66. The Bertz CT molecular complexity index is 509. The van der Waals surface area contributed by atoms with E-state index in [1.165, 1.54) is 18.5 Å². The van der Waals surface area contributed by atoms with Crippen molar-refractivity contribution in [1.82, 2.24) is 9.59 Å². The summed E-state index contributed by atoms with van der Waals surface area (Å²) < 4.78 is 4.76. The van der Waals surface area contributed by atoms with E-state index in [1.807, 2.05) is 24.3 Å². The SMILES string of the molecule is CC(=O)c1nnsc1Nc1ccc(Br)cc1. The van der Waals surface area contributed by atoms with E-state index in [0.717, 1.165) is 10.2 Å². The highest BCUT2D eigenvalue weighted by Gasteiger charge is 2.12. The van der Waals surface area contributed by atoms with Crippen molar-refractivity contribution in [1.29, 1.82) is 0 Å². The van der Waals surface area contributed by atoms with Crippen molar-refractivity contribution in [3.63, 3.8) is 0 Å². The van der Waals surface area contributed by atoms with Crippen molar-refractivity contribution >= 4 is 43.9 Å². The van der Waals surface area contributed by atoms with Gasteiger partial charge in [-0.2, -0.15) is 0 Å². The zero-order chi connectivity index (χ0) is 11.5. The number of ketones is 1. The third kappa shape index (κ3) is 2.45. The van der Waals surface area contributed by atoms with Gasteiger partial charge in [-0.15, -0.1) is 5.10 Å². The van der Waals surface area contributed by atoms with Gasteiger partial charge in [0.05, 0.1) is 0 Å². The van der Waals surface area contributed by atoms with Crippen molar-refractivity contribution in [2.24, 2.45) is 0 Å². The summed E-state index contributed by atoms with van der Waals surface area (Å²) in [4.78, 5) is 11.2. The van der Waals surface area contributed by atoms with Crippen molar-refractivity contribution < 1.29 is 4.79 Å². The monoisotopic (exact) mass is 297 g/mol. The molecule has 2 aromatic rings. The van der Waals surface area contributed by atoms with Crippen molar-refractivity contribution in [2.45, 2.75) is 6.92 Å². The number of rotatable bonds is 3. The summed E-state index contributed by atoms with van der Waals surface area (Å²) in [5.74, 6) is -0.0895. The molecule has 0 saturated heterocycles. The average Bonchev–Trinajstić information content (AvgIpc) is 2.69. The maximum atomic E-state index is 11.2. The van der Waals surface area contributed by atoms with Crippen LogP contribution >= 0.6 is 27.5 Å². The van der Waals surface area contributed by atoms with Crippen LogP contribution in [-0.4, -0.2) is 15.4 Å². The molecule has 0 spiro atoms. The van der Waals surface area contributed by atoms with Crippen LogP contribution in [0.5, 0.6) is 0 Å². The molecule has 16 heavy (non-hydrogen) atoms. The number of benzene rings is 1. The molecule has 0 fully saturated rings. The van der Waals surface area contributed by atoms with Crippen LogP contribution in [0, 0.1) is 0 Å². The molecule has 0 saturated carbocycles. The molecule has 0 atom stereocenters. The van der Waals surface area contributed by atoms with Crippen LogP contribution < -0.4 is 5.32 Å². The molecule has 0 amide bonds. The Morgan fingerprint density at radius 1 is 1.38 bits per heavy atom. The van der Waals surface area contributed by atoms with Gasteiger partial charge in [0.1, 0.15) is 5.00 Å².